The van der Waals surface area contributed by atoms with Gasteiger partial charge in [0.05, 0.1) is 6.61 Å². The molecule has 4 bridgehead atoms. The second kappa shape index (κ2) is 10.7. The van der Waals surface area contributed by atoms with Crippen LogP contribution in [0.15, 0.2) is 12.1 Å². The monoisotopic (exact) mass is 484 g/mol. The van der Waals surface area contributed by atoms with Crippen molar-refractivity contribution in [1.29, 1.82) is 0 Å². The number of halogens is 2. The molecule has 0 unspecified atom stereocenters. The van der Waals surface area contributed by atoms with Gasteiger partial charge < -0.3 is 14.5 Å². The molecular formula is C26H39F2O4P. The van der Waals surface area contributed by atoms with Gasteiger partial charge in [-0.2, -0.15) is 4.39 Å². The summed E-state index contributed by atoms with van der Waals surface area (Å²) in [5.41, 5.74) is 0.431. The van der Waals surface area contributed by atoms with E-state index >= 15 is 4.39 Å². The third kappa shape index (κ3) is 6.38. The van der Waals surface area contributed by atoms with E-state index < -0.39 is 19.2 Å². The Hall–Kier alpha value is -0.970. The van der Waals surface area contributed by atoms with E-state index in [1.807, 2.05) is 0 Å². The second-order valence-electron chi connectivity index (χ2n) is 11.0. The summed E-state index contributed by atoms with van der Waals surface area (Å²) < 4.78 is 46.4. The van der Waals surface area contributed by atoms with Crippen molar-refractivity contribution in [2.24, 2.45) is 17.8 Å². The van der Waals surface area contributed by atoms with Gasteiger partial charge in [0.15, 0.2) is 11.6 Å². The van der Waals surface area contributed by atoms with Crippen LogP contribution in [0.3, 0.4) is 0 Å². The third-order valence-corrected chi connectivity index (χ3v) is 9.16. The normalized spacial score (nSPS) is 28.4. The molecule has 0 spiro atoms. The maximum absolute atomic E-state index is 15.1. The Morgan fingerprint density at radius 2 is 1.33 bits per heavy atom. The van der Waals surface area contributed by atoms with Crippen molar-refractivity contribution in [2.45, 2.75) is 95.3 Å². The smallest absolute Gasteiger partial charge is 0.325 e. The number of ether oxygens (including phenoxy) is 1. The van der Waals surface area contributed by atoms with Gasteiger partial charge in [0.1, 0.15) is 0 Å². The molecule has 0 heterocycles. The topological polar surface area (TPSA) is 66.8 Å². The molecule has 4 fully saturated rings. The molecule has 4 nitrogen and oxygen atoms in total. The Morgan fingerprint density at radius 1 is 0.818 bits per heavy atom. The largest absolute Gasteiger partial charge is 0.490 e. The fraction of sp³-hybridized carbons (Fsp3) is 0.769. The second-order valence-corrected chi connectivity index (χ2v) is 12.8. The van der Waals surface area contributed by atoms with Crippen LogP contribution in [0.4, 0.5) is 8.78 Å². The number of hydrogen-bond acceptors (Lipinski definition) is 2. The SMILES string of the molecule is O=P(O)(O)CCCCCCCCCCOc1ccc([C@]23CC4CC(C[C@H](C4)C2)C3)c(F)c1F. The van der Waals surface area contributed by atoms with Crippen molar-refractivity contribution in [3.8, 4) is 5.75 Å². The molecule has 7 heteroatoms. The van der Waals surface area contributed by atoms with Crippen molar-refractivity contribution in [3.05, 3.63) is 29.3 Å². The van der Waals surface area contributed by atoms with E-state index in [1.54, 1.807) is 12.1 Å². The average Bonchev–Trinajstić information content (AvgIpc) is 2.73. The minimum absolute atomic E-state index is 0.0228. The van der Waals surface area contributed by atoms with Crippen molar-refractivity contribution < 1.29 is 27.9 Å². The predicted octanol–water partition coefficient (Wildman–Crippen LogP) is 7.11. The standard InChI is InChI=1S/C26H39F2O4P/c27-24-22(26-16-19-13-20(17-26)15-21(14-19)18-26)9-10-23(25(24)28)32-11-7-5-3-1-2-4-6-8-12-33(29,30)31/h9-10,19-21H,1-8,11-18H2,(H2,29,30,31)/t19-,20?,21?,26-. The highest BCUT2D eigenvalue weighted by Crippen LogP contribution is 2.61. The van der Waals surface area contributed by atoms with Crippen molar-refractivity contribution in [2.75, 3.05) is 12.8 Å². The summed E-state index contributed by atoms with van der Waals surface area (Å²) in [4.78, 5) is 17.7. The van der Waals surface area contributed by atoms with E-state index in [-0.39, 0.29) is 17.3 Å². The Morgan fingerprint density at radius 3 is 1.88 bits per heavy atom. The molecule has 0 radical (unpaired) electrons. The highest BCUT2D eigenvalue weighted by molar-refractivity contribution is 7.51. The van der Waals surface area contributed by atoms with Crippen molar-refractivity contribution in [1.82, 2.24) is 0 Å². The van der Waals surface area contributed by atoms with Crippen molar-refractivity contribution in [3.63, 3.8) is 0 Å². The Kier molecular flexibility index (Phi) is 8.18. The fourth-order valence-electron chi connectivity index (χ4n) is 7.16. The minimum Gasteiger partial charge on any atom is -0.490 e. The predicted molar refractivity (Wildman–Crippen MR) is 126 cm³/mol. The van der Waals surface area contributed by atoms with E-state index in [9.17, 15) is 8.96 Å². The first kappa shape index (κ1) is 25.1. The summed E-state index contributed by atoms with van der Waals surface area (Å²) >= 11 is 0. The van der Waals surface area contributed by atoms with Gasteiger partial charge >= 0.3 is 7.60 Å². The third-order valence-electron chi connectivity index (χ3n) is 8.26. The summed E-state index contributed by atoms with van der Waals surface area (Å²) in [5.74, 6) is 0.593. The van der Waals surface area contributed by atoms with Gasteiger partial charge in [-0.25, -0.2) is 4.39 Å². The lowest BCUT2D eigenvalue weighted by Crippen LogP contribution is -2.49. The zero-order valence-corrected chi connectivity index (χ0v) is 20.5. The van der Waals surface area contributed by atoms with Gasteiger partial charge in [0.25, 0.3) is 0 Å². The lowest BCUT2D eigenvalue weighted by atomic mass is 9.48. The van der Waals surface area contributed by atoms with Crippen molar-refractivity contribution >= 4 is 7.60 Å². The lowest BCUT2D eigenvalue weighted by molar-refractivity contribution is -0.00708. The van der Waals surface area contributed by atoms with Gasteiger partial charge in [-0.05, 0) is 86.2 Å². The maximum atomic E-state index is 15.1. The van der Waals surface area contributed by atoms with Gasteiger partial charge in [-0.3, -0.25) is 4.57 Å². The van der Waals surface area contributed by atoms with Crippen LogP contribution >= 0.6 is 7.60 Å². The molecule has 0 atom stereocenters. The van der Waals surface area contributed by atoms with E-state index in [0.29, 0.717) is 36.3 Å². The van der Waals surface area contributed by atoms with Gasteiger partial charge in [0, 0.05) is 6.16 Å². The van der Waals surface area contributed by atoms with E-state index in [1.165, 1.54) is 19.3 Å². The number of benzene rings is 1. The van der Waals surface area contributed by atoms with E-state index in [0.717, 1.165) is 64.2 Å². The lowest BCUT2D eigenvalue weighted by Gasteiger charge is -2.57. The first-order chi connectivity index (χ1) is 15.8. The van der Waals surface area contributed by atoms with Crippen LogP contribution in [0.1, 0.15) is 95.5 Å². The van der Waals surface area contributed by atoms with Crippen LogP contribution in [-0.2, 0) is 9.98 Å². The zero-order chi connectivity index (χ0) is 23.5. The highest BCUT2D eigenvalue weighted by Gasteiger charge is 2.52. The summed E-state index contributed by atoms with van der Waals surface area (Å²) in [6, 6.07) is 3.44. The molecule has 0 aromatic heterocycles. The Balaban J connectivity index is 1.16. The summed E-state index contributed by atoms with van der Waals surface area (Å²) in [5, 5.41) is 0. The summed E-state index contributed by atoms with van der Waals surface area (Å²) in [6.45, 7) is 0.384. The van der Waals surface area contributed by atoms with Crippen LogP contribution in [0, 0.1) is 29.4 Å². The van der Waals surface area contributed by atoms with Crippen LogP contribution in [-0.4, -0.2) is 22.6 Å². The van der Waals surface area contributed by atoms with Crippen LogP contribution < -0.4 is 4.74 Å². The Bertz CT molecular complexity index is 818. The average molecular weight is 485 g/mol. The molecule has 4 saturated carbocycles. The van der Waals surface area contributed by atoms with Crippen LogP contribution in [0.25, 0.3) is 0 Å². The van der Waals surface area contributed by atoms with Gasteiger partial charge in [0.2, 0.25) is 5.82 Å². The summed E-state index contributed by atoms with van der Waals surface area (Å²) in [7, 11) is -3.85. The minimum atomic E-state index is -3.85. The highest BCUT2D eigenvalue weighted by atomic mass is 31.2. The molecule has 33 heavy (non-hydrogen) atoms. The summed E-state index contributed by atoms with van der Waals surface area (Å²) in [6.07, 6.45) is 14.2. The number of rotatable bonds is 13. The first-order valence-electron chi connectivity index (χ1n) is 12.9. The molecule has 1 aromatic carbocycles. The van der Waals surface area contributed by atoms with E-state index in [4.69, 9.17) is 14.5 Å². The molecule has 186 valence electrons. The maximum Gasteiger partial charge on any atom is 0.325 e. The number of hydrogen-bond donors (Lipinski definition) is 2. The van der Waals surface area contributed by atoms with E-state index in [2.05, 4.69) is 0 Å². The van der Waals surface area contributed by atoms with Gasteiger partial charge in [-0.15, -0.1) is 0 Å². The molecular weight excluding hydrogens is 445 g/mol. The molecule has 2 N–H and O–H groups in total. The fourth-order valence-corrected chi connectivity index (χ4v) is 7.79. The molecule has 4 aliphatic rings. The molecule has 0 aliphatic heterocycles. The molecule has 0 amide bonds. The molecule has 1 aromatic rings. The molecule has 4 aliphatic carbocycles. The van der Waals surface area contributed by atoms with Crippen LogP contribution in [0.2, 0.25) is 0 Å². The zero-order valence-electron chi connectivity index (χ0n) is 19.6. The quantitative estimate of drug-likeness (QED) is 0.231. The van der Waals surface area contributed by atoms with Gasteiger partial charge in [-0.1, -0.05) is 44.6 Å². The molecule has 5 rings (SSSR count). The molecule has 0 saturated heterocycles. The van der Waals surface area contributed by atoms with Crippen LogP contribution in [0.5, 0.6) is 5.75 Å². The first-order valence-corrected chi connectivity index (χ1v) is 14.7. The number of unbranched alkanes of at least 4 members (excludes halogenated alkanes) is 7. The Labute approximate surface area is 196 Å².